The molecule has 0 aliphatic heterocycles. The van der Waals surface area contributed by atoms with Crippen LogP contribution >= 0.6 is 15.9 Å². The highest BCUT2D eigenvalue weighted by atomic mass is 79.9. The van der Waals surface area contributed by atoms with Crippen LogP contribution in [0.4, 0.5) is 0 Å². The van der Waals surface area contributed by atoms with Gasteiger partial charge in [0.1, 0.15) is 0 Å². The van der Waals surface area contributed by atoms with Gasteiger partial charge in [-0.2, -0.15) is 0 Å². The maximum atomic E-state index is 11.4. The van der Waals surface area contributed by atoms with Gasteiger partial charge in [-0.1, -0.05) is 40.7 Å². The summed E-state index contributed by atoms with van der Waals surface area (Å²) < 4.78 is 6.19. The number of nitrogens with zero attached hydrogens (tertiary/aromatic N) is 2. The summed E-state index contributed by atoms with van der Waals surface area (Å²) in [5.74, 6) is -0.0830. The second kappa shape index (κ2) is 8.76. The second-order valence-electron chi connectivity index (χ2n) is 5.72. The predicted octanol–water partition coefficient (Wildman–Crippen LogP) is 4.02. The lowest BCUT2D eigenvalue weighted by Crippen LogP contribution is -2.17. The van der Waals surface area contributed by atoms with Gasteiger partial charge < -0.3 is 9.64 Å². The minimum Gasteiger partial charge on any atom is -0.404 e. The van der Waals surface area contributed by atoms with Gasteiger partial charge in [0.2, 0.25) is 5.88 Å². The second-order valence-corrected chi connectivity index (χ2v) is 6.64. The van der Waals surface area contributed by atoms with Crippen LogP contribution in [0.2, 0.25) is 0 Å². The number of ether oxygens (including phenoxy) is 1. The lowest BCUT2D eigenvalue weighted by atomic mass is 9.92. The fraction of sp³-hybridized carbons (Fsp3) is 0.263. The van der Waals surface area contributed by atoms with Gasteiger partial charge in [-0.05, 0) is 50.8 Å². The Labute approximate surface area is 151 Å². The Morgan fingerprint density at radius 1 is 1.29 bits per heavy atom. The number of hydrogen-bond acceptors (Lipinski definition) is 4. The van der Waals surface area contributed by atoms with Crippen molar-refractivity contribution in [2.75, 3.05) is 20.6 Å². The largest absolute Gasteiger partial charge is 0.404 e. The normalized spacial score (nSPS) is 12.0. The Kier molecular flexibility index (Phi) is 6.70. The van der Waals surface area contributed by atoms with Crippen molar-refractivity contribution in [1.82, 2.24) is 9.88 Å². The molecule has 24 heavy (non-hydrogen) atoms. The van der Waals surface area contributed by atoms with Gasteiger partial charge >= 0.3 is 5.97 Å². The molecule has 2 rings (SSSR count). The zero-order valence-corrected chi connectivity index (χ0v) is 15.5. The highest BCUT2D eigenvalue weighted by Crippen LogP contribution is 2.29. The molecule has 4 nitrogen and oxygen atoms in total. The molecule has 1 atom stereocenters. The molecule has 0 radical (unpaired) electrons. The quantitative estimate of drug-likeness (QED) is 0.530. The molecule has 0 N–H and O–H groups in total. The number of esters is 1. The highest BCUT2D eigenvalue weighted by Gasteiger charge is 2.17. The number of aromatic nitrogens is 1. The summed E-state index contributed by atoms with van der Waals surface area (Å²) in [4.78, 5) is 18.1. The number of halogens is 1. The van der Waals surface area contributed by atoms with Gasteiger partial charge in [0, 0.05) is 22.5 Å². The summed E-state index contributed by atoms with van der Waals surface area (Å²) in [7, 11) is 4.10. The maximum Gasteiger partial charge on any atom is 0.336 e. The Bertz CT molecular complexity index is 699. The summed E-state index contributed by atoms with van der Waals surface area (Å²) in [5, 5.41) is 0. The van der Waals surface area contributed by atoms with Crippen LogP contribution in [0.1, 0.15) is 23.6 Å². The summed E-state index contributed by atoms with van der Waals surface area (Å²) in [6.45, 7) is 4.34. The third-order valence-electron chi connectivity index (χ3n) is 3.61. The van der Waals surface area contributed by atoms with E-state index in [4.69, 9.17) is 4.74 Å². The zero-order chi connectivity index (χ0) is 17.5. The summed E-state index contributed by atoms with van der Waals surface area (Å²) in [6.07, 6.45) is 2.05. The lowest BCUT2D eigenvalue weighted by molar-refractivity contribution is -0.129. The molecule has 0 aliphatic carbocycles. The van der Waals surface area contributed by atoms with E-state index >= 15 is 0 Å². The number of carbonyl (C=O) groups is 1. The van der Waals surface area contributed by atoms with E-state index in [0.717, 1.165) is 29.2 Å². The van der Waals surface area contributed by atoms with Crippen molar-refractivity contribution in [2.45, 2.75) is 12.3 Å². The van der Waals surface area contributed by atoms with Crippen LogP contribution in [0.15, 0.2) is 59.6 Å². The van der Waals surface area contributed by atoms with Gasteiger partial charge in [0.25, 0.3) is 0 Å². The van der Waals surface area contributed by atoms with E-state index in [1.54, 1.807) is 6.07 Å². The van der Waals surface area contributed by atoms with E-state index in [0.29, 0.717) is 5.88 Å². The van der Waals surface area contributed by atoms with Crippen LogP contribution in [-0.4, -0.2) is 36.5 Å². The van der Waals surface area contributed by atoms with Crippen LogP contribution in [-0.2, 0) is 4.79 Å². The Hall–Kier alpha value is -1.98. The van der Waals surface area contributed by atoms with Crippen molar-refractivity contribution in [3.63, 3.8) is 0 Å². The Morgan fingerprint density at radius 2 is 2.00 bits per heavy atom. The summed E-state index contributed by atoms with van der Waals surface area (Å²) in [6, 6.07) is 13.7. The van der Waals surface area contributed by atoms with Crippen LogP contribution in [0, 0.1) is 0 Å². The molecule has 0 spiro atoms. The first kappa shape index (κ1) is 18.4. The van der Waals surface area contributed by atoms with Gasteiger partial charge in [0.05, 0.1) is 5.69 Å². The third-order valence-corrected chi connectivity index (χ3v) is 4.14. The summed E-state index contributed by atoms with van der Waals surface area (Å²) in [5.41, 5.74) is 2.06. The Morgan fingerprint density at radius 3 is 2.62 bits per heavy atom. The molecule has 2 aromatic rings. The van der Waals surface area contributed by atoms with Gasteiger partial charge in [-0.15, -0.1) is 0 Å². The monoisotopic (exact) mass is 388 g/mol. The van der Waals surface area contributed by atoms with E-state index in [1.807, 2.05) is 38.4 Å². The van der Waals surface area contributed by atoms with E-state index < -0.39 is 5.97 Å². The molecule has 0 saturated heterocycles. The molecule has 5 heteroatoms. The minimum absolute atomic E-state index is 0.128. The third kappa shape index (κ3) is 5.28. The van der Waals surface area contributed by atoms with Crippen molar-refractivity contribution in [1.29, 1.82) is 0 Å². The number of benzene rings is 1. The zero-order valence-electron chi connectivity index (χ0n) is 13.9. The van der Waals surface area contributed by atoms with Crippen molar-refractivity contribution in [2.24, 2.45) is 0 Å². The van der Waals surface area contributed by atoms with Crippen molar-refractivity contribution >= 4 is 21.9 Å². The van der Waals surface area contributed by atoms with E-state index in [9.17, 15) is 4.79 Å². The smallest absolute Gasteiger partial charge is 0.336 e. The molecule has 1 unspecified atom stereocenters. The fourth-order valence-electron chi connectivity index (χ4n) is 2.39. The molecule has 0 saturated carbocycles. The van der Waals surface area contributed by atoms with E-state index in [1.165, 1.54) is 5.56 Å². The minimum atomic E-state index is -0.506. The molecular weight excluding hydrogens is 368 g/mol. The maximum absolute atomic E-state index is 11.4. The van der Waals surface area contributed by atoms with Gasteiger partial charge in [0.15, 0.2) is 0 Å². The molecule has 1 aromatic carbocycles. The van der Waals surface area contributed by atoms with Crippen molar-refractivity contribution in [3.8, 4) is 5.88 Å². The predicted molar refractivity (Wildman–Crippen MR) is 99.2 cm³/mol. The fourth-order valence-corrected chi connectivity index (χ4v) is 2.66. The van der Waals surface area contributed by atoms with Crippen LogP contribution in [0.25, 0.3) is 0 Å². The standard InChI is InChI=1S/C19H21BrN2O2/c1-4-19(23)24-18-7-5-6-17(21-18)16(12-13-22(2)3)14-8-10-15(20)11-9-14/h4-11,16H,1,12-13H2,2-3H3. The topological polar surface area (TPSA) is 42.4 Å². The first-order valence-corrected chi connectivity index (χ1v) is 8.50. The first-order valence-electron chi connectivity index (χ1n) is 7.71. The number of hydrogen-bond donors (Lipinski definition) is 0. The molecule has 0 fully saturated rings. The molecule has 0 amide bonds. The first-order chi connectivity index (χ1) is 11.5. The lowest BCUT2D eigenvalue weighted by Gasteiger charge is -2.20. The molecular formula is C19H21BrN2O2. The highest BCUT2D eigenvalue weighted by molar-refractivity contribution is 9.10. The van der Waals surface area contributed by atoms with Crippen molar-refractivity contribution < 1.29 is 9.53 Å². The molecule has 126 valence electrons. The van der Waals surface area contributed by atoms with Crippen LogP contribution in [0.3, 0.4) is 0 Å². The van der Waals surface area contributed by atoms with Gasteiger partial charge in [-0.25, -0.2) is 9.78 Å². The summed E-state index contributed by atoms with van der Waals surface area (Å²) >= 11 is 3.47. The average Bonchev–Trinajstić information content (AvgIpc) is 2.56. The SMILES string of the molecule is C=CC(=O)Oc1cccc(C(CCN(C)C)c2ccc(Br)cc2)n1. The molecule has 1 heterocycles. The molecule has 1 aromatic heterocycles. The van der Waals surface area contributed by atoms with E-state index in [-0.39, 0.29) is 5.92 Å². The van der Waals surface area contributed by atoms with Crippen LogP contribution in [0.5, 0.6) is 5.88 Å². The number of rotatable bonds is 7. The molecule has 0 bridgehead atoms. The van der Waals surface area contributed by atoms with Gasteiger partial charge in [-0.3, -0.25) is 0 Å². The molecule has 0 aliphatic rings. The van der Waals surface area contributed by atoms with Crippen molar-refractivity contribution in [3.05, 3.63) is 70.8 Å². The number of carbonyl (C=O) groups excluding carboxylic acids is 1. The number of pyridine rings is 1. The Balaban J connectivity index is 2.32. The average molecular weight is 389 g/mol. The van der Waals surface area contributed by atoms with Crippen LogP contribution < -0.4 is 4.74 Å². The van der Waals surface area contributed by atoms with E-state index in [2.05, 4.69) is 44.5 Å².